The van der Waals surface area contributed by atoms with Crippen molar-refractivity contribution >= 4 is 11.3 Å². The summed E-state index contributed by atoms with van der Waals surface area (Å²) in [4.78, 5) is 4.11. The van der Waals surface area contributed by atoms with E-state index in [1.54, 1.807) is 0 Å². The average molecular weight is 300 g/mol. The summed E-state index contributed by atoms with van der Waals surface area (Å²) in [7, 11) is 0. The van der Waals surface area contributed by atoms with E-state index in [0.717, 1.165) is 19.6 Å². The van der Waals surface area contributed by atoms with Crippen molar-refractivity contribution in [3.8, 4) is 0 Å². The smallest absolute Gasteiger partial charge is 0.0535 e. The first kappa shape index (κ1) is 14.8. The van der Waals surface area contributed by atoms with E-state index in [-0.39, 0.29) is 5.54 Å². The van der Waals surface area contributed by atoms with Crippen molar-refractivity contribution in [2.24, 2.45) is 0 Å². The van der Waals surface area contributed by atoms with Gasteiger partial charge in [0.2, 0.25) is 0 Å². The van der Waals surface area contributed by atoms with Gasteiger partial charge >= 0.3 is 0 Å². The molecule has 1 atom stereocenters. The highest BCUT2D eigenvalue weighted by Gasteiger charge is 2.30. The summed E-state index contributed by atoms with van der Waals surface area (Å²) in [6.45, 7) is 8.96. The maximum absolute atomic E-state index is 3.76. The molecular weight excluding hydrogens is 276 g/mol. The third-order valence-corrected chi connectivity index (χ3v) is 5.46. The fraction of sp³-hybridized carbons (Fsp3) is 0.444. The number of hydrogen-bond acceptors (Lipinski definition) is 3. The SMILES string of the molecule is Cc1ccsc1CN1CCCNC(C)(c2ccccc2)C1. The molecule has 1 aliphatic heterocycles. The minimum atomic E-state index is 0.0446. The second kappa shape index (κ2) is 6.30. The molecule has 0 bridgehead atoms. The fourth-order valence-electron chi connectivity index (χ4n) is 3.15. The first-order chi connectivity index (χ1) is 10.2. The molecule has 1 unspecified atom stereocenters. The van der Waals surface area contributed by atoms with Gasteiger partial charge in [-0.2, -0.15) is 0 Å². The number of aryl methyl sites for hydroxylation is 1. The summed E-state index contributed by atoms with van der Waals surface area (Å²) in [5.74, 6) is 0. The van der Waals surface area contributed by atoms with E-state index in [1.807, 2.05) is 11.3 Å². The third-order valence-electron chi connectivity index (χ3n) is 4.45. The van der Waals surface area contributed by atoms with Crippen molar-refractivity contribution in [3.63, 3.8) is 0 Å². The van der Waals surface area contributed by atoms with Crippen LogP contribution in [0.15, 0.2) is 41.8 Å². The Hall–Kier alpha value is -1.16. The molecule has 112 valence electrons. The highest BCUT2D eigenvalue weighted by Crippen LogP contribution is 2.26. The van der Waals surface area contributed by atoms with E-state index in [9.17, 15) is 0 Å². The molecular formula is C18H24N2S. The van der Waals surface area contributed by atoms with Crippen LogP contribution < -0.4 is 5.32 Å². The van der Waals surface area contributed by atoms with Crippen LogP contribution in [-0.4, -0.2) is 24.5 Å². The van der Waals surface area contributed by atoms with Crippen LogP contribution in [0, 0.1) is 6.92 Å². The first-order valence-corrected chi connectivity index (χ1v) is 8.61. The van der Waals surface area contributed by atoms with Gasteiger partial charge in [0.15, 0.2) is 0 Å². The van der Waals surface area contributed by atoms with Crippen molar-refractivity contribution in [1.29, 1.82) is 0 Å². The van der Waals surface area contributed by atoms with Gasteiger partial charge in [-0.05, 0) is 55.9 Å². The summed E-state index contributed by atoms with van der Waals surface area (Å²) in [6, 6.07) is 13.1. The van der Waals surface area contributed by atoms with Gasteiger partial charge in [-0.25, -0.2) is 0 Å². The molecule has 3 heteroatoms. The standard InChI is InChI=1S/C18H24N2S/c1-15-9-12-21-17(15)13-20-11-6-10-19-18(2,14-20)16-7-4-3-5-8-16/h3-5,7-9,12,19H,6,10-11,13-14H2,1-2H3. The van der Waals surface area contributed by atoms with Gasteiger partial charge in [0.05, 0.1) is 5.54 Å². The second-order valence-corrected chi connectivity index (χ2v) is 7.22. The molecule has 3 rings (SSSR count). The molecule has 1 N–H and O–H groups in total. The molecule has 0 radical (unpaired) electrons. The van der Waals surface area contributed by atoms with Gasteiger partial charge in [0.1, 0.15) is 0 Å². The number of rotatable bonds is 3. The van der Waals surface area contributed by atoms with Crippen LogP contribution in [0.1, 0.15) is 29.3 Å². The van der Waals surface area contributed by atoms with E-state index < -0.39 is 0 Å². The molecule has 1 aliphatic rings. The Kier molecular flexibility index (Phi) is 4.43. The average Bonchev–Trinajstić information content (AvgIpc) is 2.79. The summed E-state index contributed by atoms with van der Waals surface area (Å²) >= 11 is 1.88. The Balaban J connectivity index is 1.79. The Morgan fingerprint density at radius 1 is 1.24 bits per heavy atom. The van der Waals surface area contributed by atoms with E-state index in [4.69, 9.17) is 0 Å². The quantitative estimate of drug-likeness (QED) is 0.928. The lowest BCUT2D eigenvalue weighted by molar-refractivity contribution is 0.215. The van der Waals surface area contributed by atoms with E-state index in [1.165, 1.54) is 29.0 Å². The largest absolute Gasteiger partial charge is 0.307 e. The highest BCUT2D eigenvalue weighted by atomic mass is 32.1. The summed E-state index contributed by atoms with van der Waals surface area (Å²) < 4.78 is 0. The number of benzene rings is 1. The topological polar surface area (TPSA) is 15.3 Å². The van der Waals surface area contributed by atoms with Crippen LogP contribution >= 0.6 is 11.3 Å². The molecule has 1 fully saturated rings. The highest BCUT2D eigenvalue weighted by molar-refractivity contribution is 7.10. The maximum Gasteiger partial charge on any atom is 0.0535 e. The number of thiophene rings is 1. The van der Waals surface area contributed by atoms with Crippen molar-refractivity contribution in [1.82, 2.24) is 10.2 Å². The zero-order valence-corrected chi connectivity index (χ0v) is 13.7. The summed E-state index contributed by atoms with van der Waals surface area (Å²) in [6.07, 6.45) is 1.22. The van der Waals surface area contributed by atoms with Crippen LogP contribution in [0.5, 0.6) is 0 Å². The lowest BCUT2D eigenvalue weighted by Gasteiger charge is -2.34. The Labute approximate surface area is 131 Å². The fourth-order valence-corrected chi connectivity index (χ4v) is 4.10. The van der Waals surface area contributed by atoms with Crippen LogP contribution in [0.4, 0.5) is 0 Å². The van der Waals surface area contributed by atoms with Gasteiger partial charge in [-0.3, -0.25) is 4.90 Å². The molecule has 1 saturated heterocycles. The van der Waals surface area contributed by atoms with Gasteiger partial charge < -0.3 is 5.32 Å². The second-order valence-electron chi connectivity index (χ2n) is 6.22. The minimum absolute atomic E-state index is 0.0446. The van der Waals surface area contributed by atoms with Crippen LogP contribution in [0.25, 0.3) is 0 Å². The summed E-state index contributed by atoms with van der Waals surface area (Å²) in [5.41, 5.74) is 2.86. The summed E-state index contributed by atoms with van der Waals surface area (Å²) in [5, 5.41) is 5.97. The minimum Gasteiger partial charge on any atom is -0.307 e. The van der Waals surface area contributed by atoms with Gasteiger partial charge in [-0.1, -0.05) is 30.3 Å². The number of nitrogens with one attached hydrogen (secondary N) is 1. The molecule has 21 heavy (non-hydrogen) atoms. The van der Waals surface area contributed by atoms with Crippen LogP contribution in [-0.2, 0) is 12.1 Å². The molecule has 0 amide bonds. The van der Waals surface area contributed by atoms with E-state index in [0.29, 0.717) is 0 Å². The lowest BCUT2D eigenvalue weighted by Crippen LogP contribution is -2.46. The van der Waals surface area contributed by atoms with Crippen molar-refractivity contribution < 1.29 is 0 Å². The zero-order chi connectivity index (χ0) is 14.7. The molecule has 2 nitrogen and oxygen atoms in total. The van der Waals surface area contributed by atoms with Crippen molar-refractivity contribution in [3.05, 3.63) is 57.8 Å². The molecule has 2 heterocycles. The Morgan fingerprint density at radius 3 is 2.76 bits per heavy atom. The number of nitrogens with zero attached hydrogens (tertiary/aromatic N) is 1. The first-order valence-electron chi connectivity index (χ1n) is 7.73. The normalized spacial score (nSPS) is 23.9. The Morgan fingerprint density at radius 2 is 2.05 bits per heavy atom. The predicted octanol–water partition coefficient (Wildman–Crippen LogP) is 3.77. The van der Waals surface area contributed by atoms with Crippen molar-refractivity contribution in [2.75, 3.05) is 19.6 Å². The molecule has 1 aromatic carbocycles. The number of hydrogen-bond donors (Lipinski definition) is 1. The molecule has 2 aromatic rings. The van der Waals surface area contributed by atoms with Gasteiger partial charge in [0, 0.05) is 18.0 Å². The predicted molar refractivity (Wildman–Crippen MR) is 90.7 cm³/mol. The molecule has 1 aromatic heterocycles. The van der Waals surface area contributed by atoms with Gasteiger partial charge in [0.25, 0.3) is 0 Å². The monoisotopic (exact) mass is 300 g/mol. The third kappa shape index (κ3) is 3.37. The Bertz CT molecular complexity index is 578. The molecule has 0 spiro atoms. The van der Waals surface area contributed by atoms with Crippen molar-refractivity contribution in [2.45, 2.75) is 32.4 Å². The molecule has 0 saturated carbocycles. The molecule has 0 aliphatic carbocycles. The lowest BCUT2D eigenvalue weighted by atomic mass is 9.91. The maximum atomic E-state index is 3.76. The van der Waals surface area contributed by atoms with E-state index >= 15 is 0 Å². The van der Waals surface area contributed by atoms with E-state index in [2.05, 4.69) is 65.8 Å². The van der Waals surface area contributed by atoms with Crippen LogP contribution in [0.2, 0.25) is 0 Å². The van der Waals surface area contributed by atoms with Gasteiger partial charge in [-0.15, -0.1) is 11.3 Å². The van der Waals surface area contributed by atoms with Crippen LogP contribution in [0.3, 0.4) is 0 Å². The zero-order valence-electron chi connectivity index (χ0n) is 12.9.